The molecule has 1 aliphatic carbocycles. The van der Waals surface area contributed by atoms with E-state index in [1.807, 2.05) is 36.5 Å². The highest BCUT2D eigenvalue weighted by Crippen LogP contribution is 2.37. The molecule has 162 valence electrons. The minimum absolute atomic E-state index is 0.0780. The van der Waals surface area contributed by atoms with E-state index < -0.39 is 17.6 Å². The van der Waals surface area contributed by atoms with Crippen LogP contribution in [0.1, 0.15) is 49.0 Å². The van der Waals surface area contributed by atoms with E-state index in [0.29, 0.717) is 30.6 Å². The Morgan fingerprint density at radius 1 is 1.29 bits per heavy atom. The van der Waals surface area contributed by atoms with Gasteiger partial charge >= 0.3 is 0 Å². The Morgan fingerprint density at radius 3 is 2.65 bits per heavy atom. The van der Waals surface area contributed by atoms with Crippen LogP contribution in [0, 0.1) is 0 Å². The summed E-state index contributed by atoms with van der Waals surface area (Å²) in [6, 6.07) is 9.33. The largest absolute Gasteiger partial charge is 0.377 e. The molecule has 2 heterocycles. The number of halogens is 1. The summed E-state index contributed by atoms with van der Waals surface area (Å²) in [6.45, 7) is 3.54. The van der Waals surface area contributed by atoms with Gasteiger partial charge in [0, 0.05) is 25.2 Å². The first kappa shape index (κ1) is 20.8. The number of aromatic nitrogens is 2. The zero-order chi connectivity index (χ0) is 22.2. The lowest BCUT2D eigenvalue weighted by molar-refractivity contribution is -0.119. The minimum Gasteiger partial charge on any atom is -0.377 e. The first-order chi connectivity index (χ1) is 14.7. The number of carbonyl (C=O) groups is 2. The van der Waals surface area contributed by atoms with Crippen molar-refractivity contribution in [3.05, 3.63) is 53.9 Å². The fraction of sp³-hybridized carbons (Fsp3) is 0.348. The number of nitrogens with one attached hydrogen (secondary N) is 2. The van der Waals surface area contributed by atoms with Crippen LogP contribution in [0.5, 0.6) is 0 Å². The van der Waals surface area contributed by atoms with Gasteiger partial charge in [-0.2, -0.15) is 5.10 Å². The van der Waals surface area contributed by atoms with Gasteiger partial charge < -0.3 is 16.4 Å². The maximum absolute atomic E-state index is 14.9. The van der Waals surface area contributed by atoms with Gasteiger partial charge in [-0.25, -0.2) is 8.91 Å². The van der Waals surface area contributed by atoms with Crippen molar-refractivity contribution in [1.82, 2.24) is 14.9 Å². The summed E-state index contributed by atoms with van der Waals surface area (Å²) in [7, 11) is 0. The quantitative estimate of drug-likeness (QED) is 0.565. The van der Waals surface area contributed by atoms with Gasteiger partial charge in [-0.3, -0.25) is 9.59 Å². The standard InChI is InChI=1S/C23H26FN5O2/c1-14(30)26-11-15-5-7-16(8-6-15)17-10-19-21(28-20-4-3-9-23(20,2)24)18(22(25)31)12-27-29(19)13-17/h5-8,10,12-13,20,28H,3-4,9,11H2,1-2H3,(H2,25,31)(H,26,30)/t20-,23+/m1/s1. The van der Waals surface area contributed by atoms with Crippen molar-refractivity contribution in [2.24, 2.45) is 5.73 Å². The highest BCUT2D eigenvalue weighted by molar-refractivity contribution is 6.02. The monoisotopic (exact) mass is 423 g/mol. The fourth-order valence-electron chi connectivity index (χ4n) is 4.12. The molecule has 4 N–H and O–H groups in total. The number of nitrogens with zero attached hydrogens (tertiary/aromatic N) is 2. The molecule has 1 fully saturated rings. The number of benzene rings is 1. The molecule has 1 aliphatic rings. The molecule has 4 rings (SSSR count). The topological polar surface area (TPSA) is 102 Å². The van der Waals surface area contributed by atoms with Crippen molar-refractivity contribution < 1.29 is 14.0 Å². The molecular formula is C23H26FN5O2. The first-order valence-electron chi connectivity index (χ1n) is 10.3. The van der Waals surface area contributed by atoms with Crippen LogP contribution in [0.25, 0.3) is 16.6 Å². The number of hydrogen-bond donors (Lipinski definition) is 3. The normalized spacial score (nSPS) is 20.7. The smallest absolute Gasteiger partial charge is 0.252 e. The van der Waals surface area contributed by atoms with Gasteiger partial charge in [-0.05, 0) is 43.4 Å². The molecular weight excluding hydrogens is 397 g/mol. The van der Waals surface area contributed by atoms with E-state index in [2.05, 4.69) is 15.7 Å². The van der Waals surface area contributed by atoms with Crippen molar-refractivity contribution in [3.8, 4) is 11.1 Å². The molecule has 2 atom stereocenters. The number of alkyl halides is 1. The van der Waals surface area contributed by atoms with E-state index in [-0.39, 0.29) is 11.5 Å². The first-order valence-corrected chi connectivity index (χ1v) is 10.3. The lowest BCUT2D eigenvalue weighted by atomic mass is 10.0. The van der Waals surface area contributed by atoms with Crippen molar-refractivity contribution in [2.75, 3.05) is 5.32 Å². The summed E-state index contributed by atoms with van der Waals surface area (Å²) in [5.41, 5.74) is 8.49. The molecule has 2 aromatic heterocycles. The third-order valence-electron chi connectivity index (χ3n) is 5.93. The molecule has 7 nitrogen and oxygen atoms in total. The molecule has 0 aliphatic heterocycles. The molecule has 0 saturated heterocycles. The zero-order valence-corrected chi connectivity index (χ0v) is 17.6. The number of fused-ring (bicyclic) bond motifs is 1. The second-order valence-electron chi connectivity index (χ2n) is 8.33. The molecule has 2 amide bonds. The summed E-state index contributed by atoms with van der Waals surface area (Å²) in [4.78, 5) is 23.1. The summed E-state index contributed by atoms with van der Waals surface area (Å²) < 4.78 is 16.6. The van der Waals surface area contributed by atoms with Crippen LogP contribution in [0.2, 0.25) is 0 Å². The van der Waals surface area contributed by atoms with Crippen LogP contribution < -0.4 is 16.4 Å². The Balaban J connectivity index is 1.70. The maximum Gasteiger partial charge on any atom is 0.252 e. The van der Waals surface area contributed by atoms with Gasteiger partial charge in [0.15, 0.2) is 0 Å². The Kier molecular flexibility index (Phi) is 5.39. The predicted molar refractivity (Wildman–Crippen MR) is 117 cm³/mol. The van der Waals surface area contributed by atoms with Crippen LogP contribution in [0.3, 0.4) is 0 Å². The number of carbonyl (C=O) groups excluding carboxylic acids is 2. The molecule has 0 unspecified atom stereocenters. The van der Waals surface area contributed by atoms with Gasteiger partial charge in [0.25, 0.3) is 5.91 Å². The zero-order valence-electron chi connectivity index (χ0n) is 17.6. The number of rotatable bonds is 6. The third kappa shape index (κ3) is 4.23. The van der Waals surface area contributed by atoms with E-state index in [1.165, 1.54) is 13.1 Å². The predicted octanol–water partition coefficient (Wildman–Crippen LogP) is 3.43. The van der Waals surface area contributed by atoms with Gasteiger partial charge in [0.2, 0.25) is 5.91 Å². The average Bonchev–Trinajstić information content (AvgIpc) is 3.30. The molecule has 0 radical (unpaired) electrons. The maximum atomic E-state index is 14.9. The second kappa shape index (κ2) is 8.02. The van der Waals surface area contributed by atoms with E-state index in [1.54, 1.807) is 11.4 Å². The summed E-state index contributed by atoms with van der Waals surface area (Å²) in [5.74, 6) is -0.688. The molecule has 0 spiro atoms. The lowest BCUT2D eigenvalue weighted by Gasteiger charge is -2.26. The highest BCUT2D eigenvalue weighted by atomic mass is 19.1. The second-order valence-corrected chi connectivity index (χ2v) is 8.33. The van der Waals surface area contributed by atoms with E-state index in [4.69, 9.17) is 5.73 Å². The van der Waals surface area contributed by atoms with Gasteiger partial charge in [0.1, 0.15) is 5.67 Å². The SMILES string of the molecule is CC(=O)NCc1ccc(-c2cc3c(N[C@@H]4CCC[C@]4(C)F)c(C(N)=O)cnn3c2)cc1. The van der Waals surface area contributed by atoms with E-state index >= 15 is 0 Å². The molecule has 3 aromatic rings. The minimum atomic E-state index is -1.35. The summed E-state index contributed by atoms with van der Waals surface area (Å²) >= 11 is 0. The van der Waals surface area contributed by atoms with Crippen molar-refractivity contribution in [2.45, 2.75) is 51.4 Å². The van der Waals surface area contributed by atoms with Crippen LogP contribution in [0.15, 0.2) is 42.7 Å². The van der Waals surface area contributed by atoms with Crippen LogP contribution in [0.4, 0.5) is 10.1 Å². The third-order valence-corrected chi connectivity index (χ3v) is 5.93. The van der Waals surface area contributed by atoms with Gasteiger partial charge in [0.05, 0.1) is 29.0 Å². The van der Waals surface area contributed by atoms with Gasteiger partial charge in [-0.1, -0.05) is 24.3 Å². The number of amides is 2. The average molecular weight is 423 g/mol. The number of primary amides is 1. The molecule has 31 heavy (non-hydrogen) atoms. The lowest BCUT2D eigenvalue weighted by Crippen LogP contribution is -2.36. The Labute approximate surface area is 179 Å². The molecule has 8 heteroatoms. The molecule has 1 aromatic carbocycles. The summed E-state index contributed by atoms with van der Waals surface area (Å²) in [5, 5.41) is 10.3. The number of hydrogen-bond acceptors (Lipinski definition) is 4. The number of nitrogens with two attached hydrogens (primary N) is 1. The van der Waals surface area contributed by atoms with Crippen molar-refractivity contribution >= 4 is 23.0 Å². The molecule has 1 saturated carbocycles. The Hall–Kier alpha value is -3.42. The van der Waals surface area contributed by atoms with E-state index in [0.717, 1.165) is 23.1 Å². The van der Waals surface area contributed by atoms with Crippen LogP contribution >= 0.6 is 0 Å². The molecule has 0 bridgehead atoms. The fourth-order valence-corrected chi connectivity index (χ4v) is 4.12. The van der Waals surface area contributed by atoms with Crippen molar-refractivity contribution in [1.29, 1.82) is 0 Å². The van der Waals surface area contributed by atoms with Crippen molar-refractivity contribution in [3.63, 3.8) is 0 Å². The van der Waals surface area contributed by atoms with Crippen LogP contribution in [-0.4, -0.2) is 33.1 Å². The van der Waals surface area contributed by atoms with Gasteiger partial charge in [-0.15, -0.1) is 0 Å². The Morgan fingerprint density at radius 2 is 2.03 bits per heavy atom. The van der Waals surface area contributed by atoms with Crippen LogP contribution in [-0.2, 0) is 11.3 Å². The number of anilines is 1. The highest BCUT2D eigenvalue weighted by Gasteiger charge is 2.39. The Bertz CT molecular complexity index is 1140. The van der Waals surface area contributed by atoms with E-state index in [9.17, 15) is 14.0 Å². The summed E-state index contributed by atoms with van der Waals surface area (Å²) in [6.07, 6.45) is 5.23.